The second-order valence-electron chi connectivity index (χ2n) is 25.9. The zero-order chi connectivity index (χ0) is 66.7. The standard InChI is InChI=1S/C90H50N8S4/c1-3-20-52(21-4-1)85-91-87(95-89(93-85)66-32-18-40-74-77(66)65-47-46-64-62-31-17-39-73(81(62)102-83(64)84(65)100-74)98-70-36-13-9-28-59(70)60-29-10-14-37-71(60)98)54-44-42-51(43-45-54)55-24-15-25-56(50-55)88-92-86(53-22-5-2-6-23-53)94-90(96-88)67-33-19-41-75-78(67)79-76(99-75)49-48-63-61-30-16-38-72(80(61)101-82(63)79)97-68-34-11-7-26-57(68)58-27-8-12-35-69(58)97/h1-50H. The summed E-state index contributed by atoms with van der Waals surface area (Å²) in [6.07, 6.45) is 0. The molecule has 474 valence electrons. The van der Waals surface area contributed by atoms with Crippen LogP contribution in [0, 0.1) is 0 Å². The molecule has 0 fully saturated rings. The van der Waals surface area contributed by atoms with Crippen molar-refractivity contribution in [2.75, 3.05) is 0 Å². The van der Waals surface area contributed by atoms with Crippen LogP contribution in [0.15, 0.2) is 303 Å². The van der Waals surface area contributed by atoms with Gasteiger partial charge in [-0.05, 0) is 71.8 Å². The minimum atomic E-state index is 0.592. The Kier molecular flexibility index (Phi) is 12.7. The Morgan fingerprint density at radius 1 is 0.196 bits per heavy atom. The highest BCUT2D eigenvalue weighted by Gasteiger charge is 2.25. The first kappa shape index (κ1) is 57.5. The second-order valence-corrected chi connectivity index (χ2v) is 30.1. The average molecular weight is 1370 g/mol. The van der Waals surface area contributed by atoms with Gasteiger partial charge in [0.1, 0.15) is 0 Å². The van der Waals surface area contributed by atoms with Crippen LogP contribution in [0.3, 0.4) is 0 Å². The molecule has 0 aliphatic carbocycles. The lowest BCUT2D eigenvalue weighted by Gasteiger charge is -2.11. The maximum Gasteiger partial charge on any atom is 0.164 e. The Morgan fingerprint density at radius 2 is 0.559 bits per heavy atom. The summed E-state index contributed by atoms with van der Waals surface area (Å²) < 4.78 is 14.8. The second kappa shape index (κ2) is 22.5. The number of rotatable bonds is 9. The number of hydrogen-bond donors (Lipinski definition) is 0. The molecule has 8 aromatic heterocycles. The van der Waals surface area contributed by atoms with Crippen LogP contribution in [0.5, 0.6) is 0 Å². The van der Waals surface area contributed by atoms with Gasteiger partial charge in [-0.15, -0.1) is 45.3 Å². The van der Waals surface area contributed by atoms with Crippen molar-refractivity contribution in [1.29, 1.82) is 0 Å². The van der Waals surface area contributed by atoms with Crippen molar-refractivity contribution in [3.8, 4) is 90.8 Å². The van der Waals surface area contributed by atoms with E-state index in [1.54, 1.807) is 0 Å². The molecule has 22 rings (SSSR count). The van der Waals surface area contributed by atoms with Crippen LogP contribution in [0.1, 0.15) is 0 Å². The number of hydrogen-bond acceptors (Lipinski definition) is 10. The van der Waals surface area contributed by atoms with Gasteiger partial charge < -0.3 is 9.13 Å². The number of nitrogens with zero attached hydrogens (tertiary/aromatic N) is 8. The summed E-state index contributed by atoms with van der Waals surface area (Å²) >= 11 is 7.43. The molecule has 12 heteroatoms. The molecule has 8 heterocycles. The summed E-state index contributed by atoms with van der Waals surface area (Å²) in [6, 6.07) is 109. The van der Waals surface area contributed by atoms with Gasteiger partial charge >= 0.3 is 0 Å². The number of benzene rings is 14. The third-order valence-electron chi connectivity index (χ3n) is 20.3. The van der Waals surface area contributed by atoms with Crippen molar-refractivity contribution in [2.24, 2.45) is 0 Å². The van der Waals surface area contributed by atoms with E-state index < -0.39 is 0 Å². The van der Waals surface area contributed by atoms with Gasteiger partial charge in [0.15, 0.2) is 34.9 Å². The molecule has 0 radical (unpaired) electrons. The quantitative estimate of drug-likeness (QED) is 0.143. The summed E-state index contributed by atoms with van der Waals surface area (Å²) in [5.74, 6) is 3.66. The minimum Gasteiger partial charge on any atom is -0.308 e. The molecule has 0 amide bonds. The molecule has 0 aliphatic rings. The first-order valence-electron chi connectivity index (χ1n) is 34.0. The van der Waals surface area contributed by atoms with Crippen LogP contribution in [0.2, 0.25) is 0 Å². The third-order valence-corrected chi connectivity index (χ3v) is 25.2. The predicted molar refractivity (Wildman–Crippen MR) is 431 cm³/mol. The van der Waals surface area contributed by atoms with E-state index in [-0.39, 0.29) is 0 Å². The first-order valence-corrected chi connectivity index (χ1v) is 37.2. The van der Waals surface area contributed by atoms with Crippen molar-refractivity contribution in [1.82, 2.24) is 39.0 Å². The van der Waals surface area contributed by atoms with Gasteiger partial charge in [-0.2, -0.15) is 0 Å². The van der Waals surface area contributed by atoms with Crippen molar-refractivity contribution in [2.45, 2.75) is 0 Å². The topological polar surface area (TPSA) is 87.2 Å². The average Bonchev–Trinajstić information content (AvgIpc) is 1.56. The lowest BCUT2D eigenvalue weighted by Crippen LogP contribution is -2.00. The lowest BCUT2D eigenvalue weighted by atomic mass is 10.0. The van der Waals surface area contributed by atoms with Gasteiger partial charge in [0.2, 0.25) is 0 Å². The highest BCUT2D eigenvalue weighted by atomic mass is 32.1. The normalized spacial score (nSPS) is 12.1. The summed E-state index contributed by atoms with van der Waals surface area (Å²) in [7, 11) is 0. The Labute approximate surface area is 598 Å². The maximum atomic E-state index is 5.46. The van der Waals surface area contributed by atoms with E-state index >= 15 is 0 Å². The molecule has 0 saturated heterocycles. The Bertz CT molecular complexity index is 7160. The number of fused-ring (bicyclic) bond motifs is 20. The van der Waals surface area contributed by atoms with E-state index in [2.05, 4.69) is 276 Å². The fourth-order valence-corrected chi connectivity index (χ4v) is 20.9. The molecule has 0 aliphatic heterocycles. The molecule has 0 spiro atoms. The lowest BCUT2D eigenvalue weighted by molar-refractivity contribution is 1.08. The van der Waals surface area contributed by atoms with Crippen LogP contribution < -0.4 is 0 Å². The molecule has 0 atom stereocenters. The van der Waals surface area contributed by atoms with Gasteiger partial charge in [-0.1, -0.05) is 243 Å². The summed E-state index contributed by atoms with van der Waals surface area (Å²) in [6.45, 7) is 0. The molecular weight excluding hydrogens is 1320 g/mol. The molecular formula is C90H50N8S4. The molecule has 102 heavy (non-hydrogen) atoms. The fourth-order valence-electron chi connectivity index (χ4n) is 15.7. The Morgan fingerprint density at radius 3 is 1.12 bits per heavy atom. The van der Waals surface area contributed by atoms with Gasteiger partial charge in [-0.25, -0.2) is 29.9 Å². The van der Waals surface area contributed by atoms with Gasteiger partial charge in [-0.3, -0.25) is 0 Å². The number of thiophene rings is 4. The van der Waals surface area contributed by atoms with Crippen molar-refractivity contribution in [3.05, 3.63) is 303 Å². The molecule has 22 aromatic rings. The maximum absolute atomic E-state index is 5.46. The van der Waals surface area contributed by atoms with Crippen LogP contribution in [0.4, 0.5) is 0 Å². The van der Waals surface area contributed by atoms with E-state index in [4.69, 9.17) is 29.9 Å². The van der Waals surface area contributed by atoms with E-state index in [1.807, 2.05) is 81.7 Å². The van der Waals surface area contributed by atoms with Crippen molar-refractivity contribution >= 4 is 170 Å². The molecule has 0 unspecified atom stereocenters. The smallest absolute Gasteiger partial charge is 0.164 e. The number of para-hydroxylation sites is 4. The molecule has 0 saturated carbocycles. The highest BCUT2D eigenvalue weighted by molar-refractivity contribution is 7.34. The predicted octanol–water partition coefficient (Wildman–Crippen LogP) is 25.4. The summed E-state index contributed by atoms with van der Waals surface area (Å²) in [5.41, 5.74) is 14.8. The van der Waals surface area contributed by atoms with E-state index in [0.29, 0.717) is 34.9 Å². The van der Waals surface area contributed by atoms with Gasteiger partial charge in [0, 0.05) is 117 Å². The Balaban J connectivity index is 0.640. The Hall–Kier alpha value is -12.4. The largest absolute Gasteiger partial charge is 0.308 e. The van der Waals surface area contributed by atoms with E-state index in [9.17, 15) is 0 Å². The molecule has 0 N–H and O–H groups in total. The van der Waals surface area contributed by atoms with Crippen molar-refractivity contribution < 1.29 is 0 Å². The minimum absolute atomic E-state index is 0.592. The van der Waals surface area contributed by atoms with Gasteiger partial charge in [0.25, 0.3) is 0 Å². The van der Waals surface area contributed by atoms with Crippen LogP contribution in [-0.2, 0) is 0 Å². The zero-order valence-corrected chi connectivity index (χ0v) is 57.3. The SMILES string of the molecule is c1ccc(-c2nc(-c3ccc(-c4cccc(-c5nc(-c6ccccc6)nc(-c6cccc7sc8ccc9c%10cccc(-n%11c%12ccccc%12c%12ccccc%12%11)c%10sc9c8c67)n5)c4)cc3)nc(-c3cccc4sc5c(ccc6c7cccc(-n8c9ccccc9c9ccccc98)c7sc65)c34)n2)cc1. The van der Waals surface area contributed by atoms with Gasteiger partial charge in [0.05, 0.1) is 52.2 Å². The zero-order valence-electron chi connectivity index (χ0n) is 54.1. The van der Waals surface area contributed by atoms with Crippen LogP contribution in [0.25, 0.3) is 215 Å². The van der Waals surface area contributed by atoms with Crippen LogP contribution in [-0.4, -0.2) is 39.0 Å². The summed E-state index contributed by atoms with van der Waals surface area (Å²) in [4.78, 5) is 32.1. The summed E-state index contributed by atoms with van der Waals surface area (Å²) in [5, 5.41) is 14.7. The third kappa shape index (κ3) is 8.77. The first-order chi connectivity index (χ1) is 50.6. The monoisotopic (exact) mass is 1370 g/mol. The van der Waals surface area contributed by atoms with E-state index in [0.717, 1.165) is 55.3 Å². The van der Waals surface area contributed by atoms with Crippen molar-refractivity contribution in [3.63, 3.8) is 0 Å². The molecule has 14 aromatic carbocycles. The molecule has 0 bridgehead atoms. The fraction of sp³-hybridized carbons (Fsp3) is 0. The molecule has 8 nitrogen and oxygen atoms in total. The number of aromatic nitrogens is 8. The van der Waals surface area contributed by atoms with Crippen LogP contribution >= 0.6 is 45.3 Å². The highest BCUT2D eigenvalue weighted by Crippen LogP contribution is 2.51. The van der Waals surface area contributed by atoms with E-state index in [1.165, 1.54) is 125 Å².